The molecule has 9 heterocycles. The molecule has 4 amide bonds. The Morgan fingerprint density at radius 3 is 1.02 bits per heavy atom. The normalized spacial score (nSPS) is 15.9. The SMILES string of the molecule is CC(=O)N1CCc2c(c(Nc3cccc(-c4cccc(C(C)(C)O)c4)c3)nn2CC2CC2)C1.CC(=O)N1CCc2c(c(Nc3cccc(-c4cccc(F)c4)c3)nn2CC2CC2)C1.CC(=O)N1CCc2c(c(Nc3cccc(-c4ccccc4F)c3)nn2CC2CC2)C1.CC(=O)N1CCc2c(c(Nc3cccc(-c4cnn(C)c4)c3)nn2CC2CC2)C1. The molecule has 23 nitrogen and oxygen atoms in total. The number of fused-ring (bicyclic) bond motifs is 4. The Bertz CT molecular complexity index is 5870. The number of benzene rings is 7. The third-order valence-electron chi connectivity index (χ3n) is 24.6. The Hall–Kier alpha value is -12.5. The van der Waals surface area contributed by atoms with Crippen molar-refractivity contribution in [3.63, 3.8) is 0 Å². The molecule has 0 spiro atoms. The maximum Gasteiger partial charge on any atom is 0.219 e. The summed E-state index contributed by atoms with van der Waals surface area (Å²) >= 11 is 0. The van der Waals surface area contributed by atoms with E-state index in [9.17, 15) is 33.1 Å². The van der Waals surface area contributed by atoms with Crippen molar-refractivity contribution < 1.29 is 33.1 Å². The van der Waals surface area contributed by atoms with E-state index in [4.69, 9.17) is 20.4 Å². The number of anilines is 8. The fourth-order valence-corrected chi connectivity index (χ4v) is 16.9. The molecule has 12 aromatic rings. The molecule has 0 atom stereocenters. The molecule has 0 bridgehead atoms. The van der Waals surface area contributed by atoms with Crippen LogP contribution in [-0.2, 0) is 110 Å². The minimum Gasteiger partial charge on any atom is -0.386 e. The summed E-state index contributed by atoms with van der Waals surface area (Å²) in [6, 6.07) is 53.6. The summed E-state index contributed by atoms with van der Waals surface area (Å²) in [7, 11) is 1.92. The van der Waals surface area contributed by atoms with Crippen LogP contribution in [0.15, 0.2) is 182 Å². The largest absolute Gasteiger partial charge is 0.386 e. The molecule has 20 rings (SSSR count). The molecule has 0 radical (unpaired) electrons. The van der Waals surface area contributed by atoms with Gasteiger partial charge in [-0.3, -0.25) is 42.6 Å². The Labute approximate surface area is 711 Å². The lowest BCUT2D eigenvalue weighted by Crippen LogP contribution is -2.34. The van der Waals surface area contributed by atoms with Crippen molar-refractivity contribution in [3.8, 4) is 44.5 Å². The minimum atomic E-state index is -0.887. The van der Waals surface area contributed by atoms with Crippen LogP contribution in [-0.4, -0.2) is 123 Å². The van der Waals surface area contributed by atoms with Crippen LogP contribution < -0.4 is 21.3 Å². The maximum atomic E-state index is 14.2. The molecule has 4 aliphatic carbocycles. The molecule has 4 aliphatic heterocycles. The molecular formula is C97H108F2N18O5. The van der Waals surface area contributed by atoms with Gasteiger partial charge in [0.05, 0.1) is 38.0 Å². The van der Waals surface area contributed by atoms with Crippen molar-refractivity contribution in [1.82, 2.24) is 68.5 Å². The van der Waals surface area contributed by atoms with Gasteiger partial charge < -0.3 is 46.0 Å². The first-order valence-electron chi connectivity index (χ1n) is 43.2. The number of carbonyl (C=O) groups is 4. The van der Waals surface area contributed by atoms with Gasteiger partial charge in [-0.15, -0.1) is 0 Å². The number of nitrogens with zero attached hydrogens (tertiary/aromatic N) is 14. The molecule has 25 heteroatoms. The predicted molar refractivity (Wildman–Crippen MR) is 472 cm³/mol. The van der Waals surface area contributed by atoms with Crippen LogP contribution in [0.1, 0.15) is 144 Å². The van der Waals surface area contributed by atoms with E-state index in [1.54, 1.807) is 59.7 Å². The summed E-state index contributed by atoms with van der Waals surface area (Å²) < 4.78 is 38.3. The second kappa shape index (κ2) is 35.3. The average Bonchev–Trinajstić information content (AvgIpc) is 1.63. The van der Waals surface area contributed by atoms with E-state index < -0.39 is 5.60 Å². The molecular weight excluding hydrogens is 1540 g/mol. The van der Waals surface area contributed by atoms with Crippen LogP contribution in [0.25, 0.3) is 44.5 Å². The smallest absolute Gasteiger partial charge is 0.219 e. The standard InChI is InChI=1S/C27H32N4O2.2C24H25FN4O.C22H26N6O/c1-18(32)30-13-12-25-24(17-30)26(29-31(25)16-19-10-11-19)28-23-9-5-7-21(15-23)20-6-4-8-22(14-20)27(2,3)33;1-16(30)28-11-10-23-22(15-28)24(27-29(23)14-17-8-9-17)26-21-7-3-5-19(13-21)18-4-2-6-20(25)12-18;1-16(30)28-12-11-23-21(15-28)24(27-29(23)14-17-9-10-17)26-19-6-4-5-18(13-19)20-7-2-3-8-22(20)25;1-15(29)27-9-8-21-20(14-27)22(25-28(21)12-16-6-7-16)24-19-5-3-4-17(10-19)18-11-23-26(2)13-18/h4-9,14-15,19,33H,10-13,16-17H2,1-3H3,(H,28,29);2-7,12-13,17H,8-11,14-15H2,1H3,(H,26,27);2-8,13,17H,9-12,14-15H2,1H3,(H,26,27);3-5,10-11,13,16H,6-9,12,14H2,1-2H3,(H,24,25). The molecule has 5 N–H and O–H groups in total. The van der Waals surface area contributed by atoms with Crippen LogP contribution in [0.2, 0.25) is 0 Å². The highest BCUT2D eigenvalue weighted by Crippen LogP contribution is 2.42. The summed E-state index contributed by atoms with van der Waals surface area (Å²) in [4.78, 5) is 55.4. The van der Waals surface area contributed by atoms with E-state index in [0.29, 0.717) is 31.7 Å². The summed E-state index contributed by atoms with van der Waals surface area (Å²) in [5.41, 5.74) is 20.7. The lowest BCUT2D eigenvalue weighted by atomic mass is 9.94. The fourth-order valence-electron chi connectivity index (χ4n) is 16.9. The maximum absolute atomic E-state index is 14.2. The number of carbonyl (C=O) groups excluding carboxylic acids is 4. The molecule has 4 saturated carbocycles. The van der Waals surface area contributed by atoms with E-state index in [0.717, 1.165) is 214 Å². The van der Waals surface area contributed by atoms with Gasteiger partial charge in [0, 0.05) is 198 Å². The van der Waals surface area contributed by atoms with E-state index >= 15 is 0 Å². The summed E-state index contributed by atoms with van der Waals surface area (Å²) in [6.07, 6.45) is 17.5. The van der Waals surface area contributed by atoms with Crippen LogP contribution in [0.3, 0.4) is 0 Å². The van der Waals surface area contributed by atoms with Crippen LogP contribution in [0.5, 0.6) is 0 Å². The number of aliphatic hydroxyl groups is 1. The molecule has 4 fully saturated rings. The van der Waals surface area contributed by atoms with Crippen molar-refractivity contribution in [3.05, 3.63) is 244 Å². The van der Waals surface area contributed by atoms with Gasteiger partial charge in [-0.1, -0.05) is 97.1 Å². The van der Waals surface area contributed by atoms with Crippen molar-refractivity contribution in [2.45, 2.75) is 177 Å². The number of aryl methyl sites for hydroxylation is 1. The lowest BCUT2D eigenvalue weighted by Gasteiger charge is -2.26. The number of nitrogens with one attached hydrogen (secondary N) is 4. The first-order valence-corrected chi connectivity index (χ1v) is 43.2. The molecule has 0 unspecified atom stereocenters. The summed E-state index contributed by atoms with van der Waals surface area (Å²) in [5.74, 6) is 6.18. The molecule has 122 heavy (non-hydrogen) atoms. The quantitative estimate of drug-likeness (QED) is 0.0450. The third kappa shape index (κ3) is 19.6. The molecule has 630 valence electrons. The van der Waals surface area contributed by atoms with Gasteiger partial charge in [0.15, 0.2) is 23.3 Å². The highest BCUT2D eigenvalue weighted by molar-refractivity contribution is 5.80. The van der Waals surface area contributed by atoms with E-state index in [-0.39, 0.29) is 35.3 Å². The highest BCUT2D eigenvalue weighted by Gasteiger charge is 2.35. The van der Waals surface area contributed by atoms with Crippen molar-refractivity contribution in [2.75, 3.05) is 47.4 Å². The zero-order chi connectivity index (χ0) is 84.5. The van der Waals surface area contributed by atoms with Crippen LogP contribution in [0.4, 0.5) is 54.8 Å². The number of hydrogen-bond donors (Lipinski definition) is 5. The molecule has 0 saturated heterocycles. The number of amides is 4. The van der Waals surface area contributed by atoms with Crippen molar-refractivity contribution in [1.29, 1.82) is 0 Å². The Morgan fingerprint density at radius 1 is 0.393 bits per heavy atom. The summed E-state index contributed by atoms with van der Waals surface area (Å²) in [6.45, 7) is 19.4. The number of rotatable bonds is 21. The topological polar surface area (TPSA) is 239 Å². The number of aromatic nitrogens is 10. The van der Waals surface area contributed by atoms with Crippen molar-refractivity contribution >= 4 is 69.6 Å². The van der Waals surface area contributed by atoms with E-state index in [1.807, 2.05) is 141 Å². The Morgan fingerprint density at radius 2 is 0.705 bits per heavy atom. The third-order valence-corrected chi connectivity index (χ3v) is 24.6. The van der Waals surface area contributed by atoms with Crippen LogP contribution in [0, 0.1) is 35.3 Å². The van der Waals surface area contributed by atoms with Crippen LogP contribution >= 0.6 is 0 Å². The number of halogens is 2. The monoisotopic (exact) mass is 1640 g/mol. The fraction of sp³-hybridized carbons (Fsp3) is 0.371. The van der Waals surface area contributed by atoms with Crippen molar-refractivity contribution in [2.24, 2.45) is 30.7 Å². The van der Waals surface area contributed by atoms with Gasteiger partial charge >= 0.3 is 0 Å². The molecule has 7 aromatic carbocycles. The second-order valence-electron chi connectivity index (χ2n) is 34.7. The Kier molecular flexibility index (Phi) is 23.7. The van der Waals surface area contributed by atoms with Gasteiger partial charge in [-0.05, 0) is 201 Å². The average molecular weight is 1640 g/mol. The van der Waals surface area contributed by atoms with Gasteiger partial charge in [-0.25, -0.2) is 8.78 Å². The second-order valence-corrected chi connectivity index (χ2v) is 34.7. The molecule has 8 aliphatic rings. The van der Waals surface area contributed by atoms with Gasteiger partial charge in [0.25, 0.3) is 0 Å². The lowest BCUT2D eigenvalue weighted by molar-refractivity contribution is -0.130. The first kappa shape index (κ1) is 81.8. The summed E-state index contributed by atoms with van der Waals surface area (Å²) in [5, 5.41) is 48.3. The Balaban J connectivity index is 0.000000116. The first-order chi connectivity index (χ1) is 59.0. The highest BCUT2D eigenvalue weighted by atomic mass is 19.1. The zero-order valence-electron chi connectivity index (χ0n) is 70.7. The molecule has 5 aromatic heterocycles. The van der Waals surface area contributed by atoms with E-state index in [2.05, 4.69) is 81.5 Å². The van der Waals surface area contributed by atoms with Gasteiger partial charge in [-0.2, -0.15) is 25.5 Å². The predicted octanol–water partition coefficient (Wildman–Crippen LogP) is 17.7. The van der Waals surface area contributed by atoms with Gasteiger partial charge in [0.2, 0.25) is 23.6 Å². The number of hydrogen-bond acceptors (Lipinski definition) is 14. The zero-order valence-corrected chi connectivity index (χ0v) is 70.7. The van der Waals surface area contributed by atoms with Gasteiger partial charge in [0.1, 0.15) is 11.6 Å². The van der Waals surface area contributed by atoms with E-state index in [1.165, 1.54) is 92.3 Å². The minimum absolute atomic E-state index is 0.0862.